The Bertz CT molecular complexity index is 742. The molecule has 1 aliphatic rings. The van der Waals surface area contributed by atoms with Gasteiger partial charge in [-0.05, 0) is 23.4 Å². The van der Waals surface area contributed by atoms with Crippen LogP contribution in [0.1, 0.15) is 28.6 Å². The Balaban J connectivity index is 1.89. The lowest BCUT2D eigenvalue weighted by Gasteiger charge is -2.25. The molecule has 118 valence electrons. The second-order valence-corrected chi connectivity index (χ2v) is 6.29. The summed E-state index contributed by atoms with van der Waals surface area (Å²) in [5, 5.41) is 4.56. The molecule has 0 aliphatic carbocycles. The van der Waals surface area contributed by atoms with Crippen LogP contribution in [-0.4, -0.2) is 29.2 Å². The van der Waals surface area contributed by atoms with E-state index in [0.717, 1.165) is 10.5 Å². The van der Waals surface area contributed by atoms with Crippen molar-refractivity contribution < 1.29 is 14.4 Å². The molecule has 5 nitrogen and oxygen atoms in total. The number of urea groups is 1. The average molecular weight is 328 g/mol. The molecule has 0 saturated carbocycles. The van der Waals surface area contributed by atoms with Crippen LogP contribution in [0.3, 0.4) is 0 Å². The van der Waals surface area contributed by atoms with Crippen molar-refractivity contribution >= 4 is 29.1 Å². The summed E-state index contributed by atoms with van der Waals surface area (Å²) < 4.78 is 0. The number of hydrogen-bond acceptors (Lipinski definition) is 4. The summed E-state index contributed by atoms with van der Waals surface area (Å²) in [4.78, 5) is 38.9. The Kier molecular flexibility index (Phi) is 4.00. The van der Waals surface area contributed by atoms with Crippen LogP contribution < -0.4 is 5.32 Å². The summed E-state index contributed by atoms with van der Waals surface area (Å²) in [5.74, 6) is -0.607. The molecule has 0 unspecified atom stereocenters. The zero-order valence-corrected chi connectivity index (χ0v) is 13.4. The van der Waals surface area contributed by atoms with Crippen molar-refractivity contribution in [1.29, 1.82) is 0 Å². The van der Waals surface area contributed by atoms with Crippen molar-refractivity contribution in [3.63, 3.8) is 0 Å². The van der Waals surface area contributed by atoms with Gasteiger partial charge in [-0.3, -0.25) is 14.5 Å². The third kappa shape index (κ3) is 2.55. The zero-order chi connectivity index (χ0) is 16.4. The van der Waals surface area contributed by atoms with Gasteiger partial charge in [0.25, 0.3) is 5.91 Å². The summed E-state index contributed by atoms with van der Waals surface area (Å²) >= 11 is 1.30. The predicted molar refractivity (Wildman–Crippen MR) is 87.3 cm³/mol. The lowest BCUT2D eigenvalue weighted by atomic mass is 9.87. The molecule has 1 atom stereocenters. The summed E-state index contributed by atoms with van der Waals surface area (Å²) in [7, 11) is 0. The van der Waals surface area contributed by atoms with E-state index in [1.54, 1.807) is 17.5 Å². The molecule has 2 heterocycles. The van der Waals surface area contributed by atoms with Crippen LogP contribution in [0.4, 0.5) is 4.79 Å². The number of rotatable bonds is 5. The molecule has 1 fully saturated rings. The predicted octanol–water partition coefficient (Wildman–Crippen LogP) is 2.79. The Labute approximate surface area is 137 Å². The minimum atomic E-state index is -1.09. The van der Waals surface area contributed by atoms with Gasteiger partial charge in [0.05, 0.1) is 11.4 Å². The quantitative estimate of drug-likeness (QED) is 0.678. The third-order valence-electron chi connectivity index (χ3n) is 4.07. The van der Waals surface area contributed by atoms with Crippen LogP contribution in [0, 0.1) is 0 Å². The van der Waals surface area contributed by atoms with Crippen LogP contribution >= 0.6 is 11.3 Å². The molecule has 2 aromatic rings. The maximum absolute atomic E-state index is 12.9. The van der Waals surface area contributed by atoms with Crippen molar-refractivity contribution in [1.82, 2.24) is 10.2 Å². The van der Waals surface area contributed by atoms with E-state index >= 15 is 0 Å². The van der Waals surface area contributed by atoms with Gasteiger partial charge in [-0.25, -0.2) is 4.79 Å². The molecular formula is C17H16N2O3S. The highest BCUT2D eigenvalue weighted by molar-refractivity contribution is 7.12. The maximum Gasteiger partial charge on any atom is 0.325 e. The van der Waals surface area contributed by atoms with Gasteiger partial charge in [0.1, 0.15) is 5.54 Å². The number of carbonyl (C=O) groups excluding carboxylic acids is 3. The van der Waals surface area contributed by atoms with Crippen molar-refractivity contribution in [2.24, 2.45) is 0 Å². The molecule has 0 bridgehead atoms. The van der Waals surface area contributed by atoms with Gasteiger partial charge in [0, 0.05) is 0 Å². The average Bonchev–Trinajstić information content (AvgIpc) is 3.19. The molecule has 1 aliphatic heterocycles. The van der Waals surface area contributed by atoms with Crippen molar-refractivity contribution in [3.05, 3.63) is 58.3 Å². The number of Topliss-reactive ketones (excluding diaryl/α,β-unsaturated/α-hetero) is 1. The summed E-state index contributed by atoms with van der Waals surface area (Å²) in [6.45, 7) is 1.61. The standard InChI is InChI=1S/C17H16N2O3S/c1-2-17(12-7-4-3-5-8-12)15(21)19(16(22)18-17)11-13(20)14-9-6-10-23-14/h3-10H,2,11H2,1H3,(H,18,22)/t17-/m0/s1. The molecule has 3 rings (SSSR count). The summed E-state index contributed by atoms with van der Waals surface area (Å²) in [5.41, 5.74) is -0.361. The monoisotopic (exact) mass is 328 g/mol. The third-order valence-corrected chi connectivity index (χ3v) is 4.98. The Morgan fingerprint density at radius 1 is 1.17 bits per heavy atom. The zero-order valence-electron chi connectivity index (χ0n) is 12.6. The molecule has 1 saturated heterocycles. The first-order valence-electron chi connectivity index (χ1n) is 7.35. The molecule has 3 amide bonds. The van der Waals surface area contributed by atoms with Gasteiger partial charge in [0.2, 0.25) is 0 Å². The van der Waals surface area contributed by atoms with Crippen molar-refractivity contribution in [2.45, 2.75) is 18.9 Å². The van der Waals surface area contributed by atoms with E-state index in [0.29, 0.717) is 11.3 Å². The molecule has 1 aromatic heterocycles. The number of carbonyl (C=O) groups is 3. The van der Waals surface area contributed by atoms with Crippen LogP contribution in [-0.2, 0) is 10.3 Å². The van der Waals surface area contributed by atoms with E-state index in [9.17, 15) is 14.4 Å². The fourth-order valence-corrected chi connectivity index (χ4v) is 3.45. The van der Waals surface area contributed by atoms with E-state index in [1.165, 1.54) is 11.3 Å². The highest BCUT2D eigenvalue weighted by Gasteiger charge is 2.51. The molecule has 1 N–H and O–H groups in total. The van der Waals surface area contributed by atoms with Gasteiger partial charge in [-0.2, -0.15) is 0 Å². The number of ketones is 1. The smallest absolute Gasteiger partial charge is 0.319 e. The second-order valence-electron chi connectivity index (χ2n) is 5.35. The topological polar surface area (TPSA) is 66.5 Å². The number of thiophene rings is 1. The van der Waals surface area contributed by atoms with Crippen molar-refractivity contribution in [2.75, 3.05) is 6.54 Å². The van der Waals surface area contributed by atoms with Gasteiger partial charge in [0.15, 0.2) is 5.78 Å². The number of nitrogens with one attached hydrogen (secondary N) is 1. The number of benzene rings is 1. The fourth-order valence-electron chi connectivity index (χ4n) is 2.79. The highest BCUT2D eigenvalue weighted by Crippen LogP contribution is 2.32. The summed E-state index contributed by atoms with van der Waals surface area (Å²) in [6, 6.07) is 12.1. The molecule has 1 aromatic carbocycles. The molecule has 0 spiro atoms. The van der Waals surface area contributed by atoms with E-state index in [-0.39, 0.29) is 18.2 Å². The molecule has 0 radical (unpaired) electrons. The largest absolute Gasteiger partial charge is 0.325 e. The van der Waals surface area contributed by atoms with E-state index in [4.69, 9.17) is 0 Å². The number of imide groups is 1. The van der Waals surface area contributed by atoms with Gasteiger partial charge < -0.3 is 5.32 Å². The Morgan fingerprint density at radius 2 is 1.91 bits per heavy atom. The normalized spacial score (nSPS) is 20.7. The fraction of sp³-hybridized carbons (Fsp3) is 0.235. The van der Waals surface area contributed by atoms with Crippen LogP contribution in [0.25, 0.3) is 0 Å². The Hall–Kier alpha value is -2.47. The number of nitrogens with zero attached hydrogens (tertiary/aromatic N) is 1. The molecule has 6 heteroatoms. The number of hydrogen-bond donors (Lipinski definition) is 1. The minimum absolute atomic E-state index is 0.233. The highest BCUT2D eigenvalue weighted by atomic mass is 32.1. The first-order valence-corrected chi connectivity index (χ1v) is 8.23. The van der Waals surface area contributed by atoms with Gasteiger partial charge in [-0.1, -0.05) is 43.3 Å². The van der Waals surface area contributed by atoms with Crippen LogP contribution in [0.5, 0.6) is 0 Å². The Morgan fingerprint density at radius 3 is 2.52 bits per heavy atom. The van der Waals surface area contributed by atoms with Gasteiger partial charge >= 0.3 is 6.03 Å². The summed E-state index contributed by atoms with van der Waals surface area (Å²) in [6.07, 6.45) is 0.422. The van der Waals surface area contributed by atoms with E-state index in [1.807, 2.05) is 37.3 Å². The lowest BCUT2D eigenvalue weighted by Crippen LogP contribution is -2.43. The number of amides is 3. The van der Waals surface area contributed by atoms with Crippen molar-refractivity contribution in [3.8, 4) is 0 Å². The lowest BCUT2D eigenvalue weighted by molar-refractivity contribution is -0.131. The maximum atomic E-state index is 12.9. The molecule has 23 heavy (non-hydrogen) atoms. The SMILES string of the molecule is CC[C@@]1(c2ccccc2)NC(=O)N(CC(=O)c2cccs2)C1=O. The van der Waals surface area contributed by atoms with E-state index < -0.39 is 11.6 Å². The van der Waals surface area contributed by atoms with Crippen LogP contribution in [0.2, 0.25) is 0 Å². The second kappa shape index (κ2) is 5.96. The van der Waals surface area contributed by atoms with E-state index in [2.05, 4.69) is 5.32 Å². The first kappa shape index (κ1) is 15.4. The molecular weight excluding hydrogens is 312 g/mol. The van der Waals surface area contributed by atoms with Crippen LogP contribution in [0.15, 0.2) is 47.8 Å². The minimum Gasteiger partial charge on any atom is -0.319 e. The first-order chi connectivity index (χ1) is 11.1. The van der Waals surface area contributed by atoms with Gasteiger partial charge in [-0.15, -0.1) is 11.3 Å².